The maximum absolute atomic E-state index is 12.4. The average Bonchev–Trinajstić information content (AvgIpc) is 2.61. The van der Waals surface area contributed by atoms with Crippen LogP contribution in [0.25, 0.3) is 0 Å². The van der Waals surface area contributed by atoms with Gasteiger partial charge >= 0.3 is 6.03 Å². The van der Waals surface area contributed by atoms with Gasteiger partial charge in [0.1, 0.15) is 6.29 Å². The van der Waals surface area contributed by atoms with Gasteiger partial charge in [0.15, 0.2) is 0 Å². The van der Waals surface area contributed by atoms with Gasteiger partial charge in [-0.2, -0.15) is 0 Å². The summed E-state index contributed by atoms with van der Waals surface area (Å²) in [5.74, 6) is 1.56. The zero-order valence-electron chi connectivity index (χ0n) is 16.0. The summed E-state index contributed by atoms with van der Waals surface area (Å²) in [5, 5.41) is 19.9. The molecule has 6 atom stereocenters. The first kappa shape index (κ1) is 19.8. The van der Waals surface area contributed by atoms with Crippen molar-refractivity contribution in [3.8, 4) is 0 Å². The molecule has 2 amide bonds. The number of rotatable bonds is 6. The molecule has 2 saturated heterocycles. The van der Waals surface area contributed by atoms with Gasteiger partial charge in [-0.25, -0.2) is 4.79 Å². The third-order valence-electron chi connectivity index (χ3n) is 5.99. The number of fused-ring (bicyclic) bond motifs is 1. The molecule has 1 saturated carbocycles. The largest absolute Gasteiger partial charge is 0.330 e. The fourth-order valence-corrected chi connectivity index (χ4v) is 4.61. The van der Waals surface area contributed by atoms with Crippen molar-refractivity contribution in [1.29, 1.82) is 0 Å². The number of hydrogen-bond acceptors (Lipinski definition) is 6. The maximum Gasteiger partial charge on any atom is 0.318 e. The van der Waals surface area contributed by atoms with Crippen LogP contribution in [0.3, 0.4) is 0 Å². The number of urea groups is 1. The van der Waals surface area contributed by atoms with Gasteiger partial charge in [0, 0.05) is 12.6 Å². The number of nitrogens with one attached hydrogen (secondary N) is 6. The molecule has 3 fully saturated rings. The summed E-state index contributed by atoms with van der Waals surface area (Å²) < 4.78 is 0. The zero-order valence-corrected chi connectivity index (χ0v) is 16.0. The normalized spacial score (nSPS) is 37.6. The van der Waals surface area contributed by atoms with Crippen LogP contribution in [0.2, 0.25) is 0 Å². The molecule has 0 aromatic carbocycles. The van der Waals surface area contributed by atoms with Crippen LogP contribution in [0.1, 0.15) is 51.9 Å². The van der Waals surface area contributed by atoms with Crippen LogP contribution in [-0.4, -0.2) is 50.3 Å². The lowest BCUT2D eigenvalue weighted by Crippen LogP contribution is -2.69. The monoisotopic (exact) mass is 367 g/mol. The molecule has 8 heteroatoms. The van der Waals surface area contributed by atoms with Crippen LogP contribution in [0.15, 0.2) is 0 Å². The van der Waals surface area contributed by atoms with Crippen LogP contribution >= 0.6 is 0 Å². The highest BCUT2D eigenvalue weighted by Crippen LogP contribution is 2.34. The Morgan fingerprint density at radius 3 is 2.69 bits per heavy atom. The van der Waals surface area contributed by atoms with E-state index in [1.165, 1.54) is 25.7 Å². The standard InChI is InChI=1S/C18H37N7O/c1-12-9-15(20-8-4-7-19)23-17(22-12)25-18(26)24-16-10-13-5-2-3-6-14(13)11-21-16/h12-17,20-23H,2-11,19H2,1H3,(H2,24,25,26). The topological polar surface area (TPSA) is 115 Å². The Balaban J connectivity index is 1.40. The van der Waals surface area contributed by atoms with Crippen molar-refractivity contribution in [3.63, 3.8) is 0 Å². The SMILES string of the molecule is CC1CC(NCCCN)NC(NC(=O)NC2CC3CCCCC3CN2)N1. The molecule has 0 bridgehead atoms. The molecule has 0 spiro atoms. The highest BCUT2D eigenvalue weighted by Gasteiger charge is 2.33. The van der Waals surface area contributed by atoms with Crippen LogP contribution in [0, 0.1) is 11.8 Å². The lowest BCUT2D eigenvalue weighted by atomic mass is 9.75. The molecule has 3 rings (SSSR count). The number of piperidine rings is 1. The molecule has 26 heavy (non-hydrogen) atoms. The van der Waals surface area contributed by atoms with Gasteiger partial charge in [-0.05, 0) is 57.5 Å². The maximum atomic E-state index is 12.4. The molecule has 2 heterocycles. The fraction of sp³-hybridized carbons (Fsp3) is 0.944. The fourth-order valence-electron chi connectivity index (χ4n) is 4.61. The summed E-state index contributed by atoms with van der Waals surface area (Å²) in [7, 11) is 0. The van der Waals surface area contributed by atoms with E-state index in [-0.39, 0.29) is 24.7 Å². The van der Waals surface area contributed by atoms with Crippen LogP contribution < -0.4 is 37.6 Å². The van der Waals surface area contributed by atoms with Crippen LogP contribution in [0.5, 0.6) is 0 Å². The van der Waals surface area contributed by atoms with E-state index in [0.717, 1.165) is 44.2 Å². The summed E-state index contributed by atoms with van der Waals surface area (Å²) in [6.07, 6.45) is 8.34. The Bertz CT molecular complexity index is 449. The molecule has 8 N–H and O–H groups in total. The van der Waals surface area contributed by atoms with Crippen molar-refractivity contribution in [2.45, 2.75) is 76.5 Å². The summed E-state index contributed by atoms with van der Waals surface area (Å²) in [6, 6.07) is 0.198. The molecular formula is C18H37N7O. The predicted molar refractivity (Wildman–Crippen MR) is 103 cm³/mol. The number of carbonyl (C=O) groups is 1. The van der Waals surface area contributed by atoms with Gasteiger partial charge in [-0.15, -0.1) is 0 Å². The smallest absolute Gasteiger partial charge is 0.318 e. The number of amides is 2. The summed E-state index contributed by atoms with van der Waals surface area (Å²) in [6.45, 7) is 4.73. The van der Waals surface area contributed by atoms with Crippen LogP contribution in [-0.2, 0) is 0 Å². The molecule has 3 aliphatic rings. The molecule has 0 radical (unpaired) electrons. The first-order valence-corrected chi connectivity index (χ1v) is 10.4. The first-order chi connectivity index (χ1) is 12.6. The molecule has 0 aromatic rings. The Morgan fingerprint density at radius 1 is 1.08 bits per heavy atom. The Labute approximate surface area is 157 Å². The van der Waals surface area contributed by atoms with Gasteiger partial charge < -0.3 is 21.7 Å². The summed E-state index contributed by atoms with van der Waals surface area (Å²) in [4.78, 5) is 12.4. The second-order valence-electron chi connectivity index (χ2n) is 8.17. The van der Waals surface area contributed by atoms with E-state index in [4.69, 9.17) is 5.73 Å². The van der Waals surface area contributed by atoms with E-state index < -0.39 is 0 Å². The van der Waals surface area contributed by atoms with Gasteiger partial charge in [0.2, 0.25) is 0 Å². The minimum absolute atomic E-state index is 0.0776. The minimum Gasteiger partial charge on any atom is -0.330 e. The van der Waals surface area contributed by atoms with Crippen LogP contribution in [0.4, 0.5) is 4.79 Å². The molecule has 2 aliphatic heterocycles. The van der Waals surface area contributed by atoms with E-state index in [1.807, 2.05) is 0 Å². The first-order valence-electron chi connectivity index (χ1n) is 10.4. The van der Waals surface area contributed by atoms with Crippen molar-refractivity contribution in [1.82, 2.24) is 31.9 Å². The summed E-state index contributed by atoms with van der Waals surface area (Å²) in [5.41, 5.74) is 5.55. The quantitative estimate of drug-likeness (QED) is 0.331. The van der Waals surface area contributed by atoms with E-state index in [2.05, 4.69) is 38.8 Å². The average molecular weight is 368 g/mol. The van der Waals surface area contributed by atoms with E-state index in [0.29, 0.717) is 12.6 Å². The molecule has 0 aromatic heterocycles. The molecule has 6 unspecified atom stereocenters. The number of nitrogens with two attached hydrogens (primary N) is 1. The van der Waals surface area contributed by atoms with Crippen molar-refractivity contribution in [2.75, 3.05) is 19.6 Å². The lowest BCUT2D eigenvalue weighted by molar-refractivity contribution is 0.138. The third kappa shape index (κ3) is 5.79. The predicted octanol–water partition coefficient (Wildman–Crippen LogP) is -0.0691. The van der Waals surface area contributed by atoms with E-state index >= 15 is 0 Å². The second kappa shape index (κ2) is 9.85. The van der Waals surface area contributed by atoms with Gasteiger partial charge in [0.05, 0.1) is 12.3 Å². The molecule has 1 aliphatic carbocycles. The lowest BCUT2D eigenvalue weighted by Gasteiger charge is -2.40. The second-order valence-corrected chi connectivity index (χ2v) is 8.17. The third-order valence-corrected chi connectivity index (χ3v) is 5.99. The zero-order chi connectivity index (χ0) is 18.4. The van der Waals surface area contributed by atoms with Crippen molar-refractivity contribution in [2.24, 2.45) is 17.6 Å². The summed E-state index contributed by atoms with van der Waals surface area (Å²) >= 11 is 0. The Kier molecular flexibility index (Phi) is 7.51. The molecule has 8 nitrogen and oxygen atoms in total. The van der Waals surface area contributed by atoms with Crippen molar-refractivity contribution < 1.29 is 4.79 Å². The molecule has 150 valence electrons. The van der Waals surface area contributed by atoms with Gasteiger partial charge in [0.25, 0.3) is 0 Å². The van der Waals surface area contributed by atoms with E-state index in [9.17, 15) is 4.79 Å². The Morgan fingerprint density at radius 2 is 1.88 bits per heavy atom. The highest BCUT2D eigenvalue weighted by molar-refractivity contribution is 5.74. The number of hydrogen-bond donors (Lipinski definition) is 7. The van der Waals surface area contributed by atoms with Gasteiger partial charge in [-0.3, -0.25) is 16.0 Å². The molecular weight excluding hydrogens is 330 g/mol. The number of carbonyl (C=O) groups excluding carboxylic acids is 1. The minimum atomic E-state index is -0.236. The van der Waals surface area contributed by atoms with Gasteiger partial charge in [-0.1, -0.05) is 19.3 Å². The van der Waals surface area contributed by atoms with Crippen molar-refractivity contribution in [3.05, 3.63) is 0 Å². The Hall–Kier alpha value is -0.930. The van der Waals surface area contributed by atoms with Crippen molar-refractivity contribution >= 4 is 6.03 Å². The highest BCUT2D eigenvalue weighted by atomic mass is 16.2. The van der Waals surface area contributed by atoms with E-state index in [1.54, 1.807) is 0 Å².